The summed E-state index contributed by atoms with van der Waals surface area (Å²) in [5.41, 5.74) is 2.50. The van der Waals surface area contributed by atoms with E-state index in [0.29, 0.717) is 17.9 Å². The predicted molar refractivity (Wildman–Crippen MR) is 97.6 cm³/mol. The van der Waals surface area contributed by atoms with Gasteiger partial charge in [0.2, 0.25) is 0 Å². The number of aryl methyl sites for hydroxylation is 1. The lowest BCUT2D eigenvalue weighted by Crippen LogP contribution is -2.02. The molecule has 0 amide bonds. The fourth-order valence-electron chi connectivity index (χ4n) is 2.05. The molecule has 6 heteroatoms. The van der Waals surface area contributed by atoms with Gasteiger partial charge in [0, 0.05) is 0 Å². The van der Waals surface area contributed by atoms with Gasteiger partial charge in [0.15, 0.2) is 5.75 Å². The Kier molecular flexibility index (Phi) is 6.46. The second-order valence-electron chi connectivity index (χ2n) is 5.25. The van der Waals surface area contributed by atoms with E-state index >= 15 is 0 Å². The van der Waals surface area contributed by atoms with Crippen LogP contribution in [0.5, 0.6) is 5.75 Å². The first-order valence-corrected chi connectivity index (χ1v) is 8.07. The maximum absolute atomic E-state index is 11.5. The van der Waals surface area contributed by atoms with Crippen LogP contribution in [0, 0.1) is 18.3 Å². The molecule has 0 aliphatic carbocycles. The number of benzene rings is 2. The van der Waals surface area contributed by atoms with Crippen LogP contribution in [-0.2, 0) is 16.1 Å². The molecule has 0 N–H and O–H groups in total. The summed E-state index contributed by atoms with van der Waals surface area (Å²) in [5.74, 6) is -0.382. The van der Waals surface area contributed by atoms with Gasteiger partial charge in [-0.3, -0.25) is 0 Å². The van der Waals surface area contributed by atoms with E-state index in [1.165, 1.54) is 13.2 Å². The molecule has 0 atom stereocenters. The van der Waals surface area contributed by atoms with Gasteiger partial charge in [-0.2, -0.15) is 5.26 Å². The Balaban J connectivity index is 2.22. The summed E-state index contributed by atoms with van der Waals surface area (Å²) >= 11 is 12.5. The van der Waals surface area contributed by atoms with Crippen LogP contribution < -0.4 is 4.74 Å². The highest BCUT2D eigenvalue weighted by atomic mass is 35.5. The second-order valence-corrected chi connectivity index (χ2v) is 6.06. The number of rotatable bonds is 5. The van der Waals surface area contributed by atoms with Gasteiger partial charge in [0.1, 0.15) is 18.2 Å². The second kappa shape index (κ2) is 8.57. The van der Waals surface area contributed by atoms with E-state index in [1.54, 1.807) is 18.2 Å². The summed E-state index contributed by atoms with van der Waals surface area (Å²) in [6.45, 7) is 2.33. The van der Waals surface area contributed by atoms with E-state index in [2.05, 4.69) is 4.74 Å². The Morgan fingerprint density at radius 1 is 1.20 bits per heavy atom. The molecule has 0 spiro atoms. The van der Waals surface area contributed by atoms with Gasteiger partial charge in [0.05, 0.1) is 17.2 Å². The third kappa shape index (κ3) is 4.99. The van der Waals surface area contributed by atoms with Gasteiger partial charge in [-0.05, 0) is 36.3 Å². The Morgan fingerprint density at radius 3 is 2.32 bits per heavy atom. The minimum absolute atomic E-state index is 0.150. The molecule has 2 aromatic rings. The van der Waals surface area contributed by atoms with Crippen molar-refractivity contribution in [3.05, 3.63) is 68.7 Å². The maximum Gasteiger partial charge on any atom is 0.348 e. The molecule has 2 aromatic carbocycles. The molecule has 0 unspecified atom stereocenters. The standard InChI is InChI=1S/C19H15Cl2NO3/c1-12-3-5-13(6-4-12)11-25-18-16(20)8-14(9-17(18)21)7-15(10-22)19(23)24-2/h3-9H,11H2,1-2H3. The lowest BCUT2D eigenvalue weighted by Gasteiger charge is -2.11. The zero-order valence-electron chi connectivity index (χ0n) is 13.7. The molecule has 0 saturated carbocycles. The monoisotopic (exact) mass is 375 g/mol. The predicted octanol–water partition coefficient (Wildman–Crippen LogP) is 4.96. The van der Waals surface area contributed by atoms with Crippen molar-refractivity contribution < 1.29 is 14.3 Å². The summed E-state index contributed by atoms with van der Waals surface area (Å²) in [6.07, 6.45) is 1.35. The number of esters is 1. The van der Waals surface area contributed by atoms with Crippen molar-refractivity contribution in [1.82, 2.24) is 0 Å². The first-order chi connectivity index (χ1) is 11.9. The lowest BCUT2D eigenvalue weighted by molar-refractivity contribution is -0.135. The van der Waals surface area contributed by atoms with E-state index in [4.69, 9.17) is 33.2 Å². The minimum Gasteiger partial charge on any atom is -0.486 e. The summed E-state index contributed by atoms with van der Waals surface area (Å²) < 4.78 is 10.2. The highest BCUT2D eigenvalue weighted by Crippen LogP contribution is 2.35. The van der Waals surface area contributed by atoms with Crippen LogP contribution in [0.4, 0.5) is 0 Å². The molecule has 0 radical (unpaired) electrons. The van der Waals surface area contributed by atoms with E-state index in [-0.39, 0.29) is 15.6 Å². The van der Waals surface area contributed by atoms with Gasteiger partial charge >= 0.3 is 5.97 Å². The summed E-state index contributed by atoms with van der Waals surface area (Å²) in [5, 5.41) is 9.57. The van der Waals surface area contributed by atoms with E-state index in [0.717, 1.165) is 11.1 Å². The van der Waals surface area contributed by atoms with Gasteiger partial charge in [0.25, 0.3) is 0 Å². The van der Waals surface area contributed by atoms with Crippen LogP contribution in [0.1, 0.15) is 16.7 Å². The molecule has 4 nitrogen and oxygen atoms in total. The fraction of sp³-hybridized carbons (Fsp3) is 0.158. The van der Waals surface area contributed by atoms with E-state index in [1.807, 2.05) is 31.2 Å². The number of hydrogen-bond acceptors (Lipinski definition) is 4. The van der Waals surface area contributed by atoms with Gasteiger partial charge in [-0.15, -0.1) is 0 Å². The molecule has 128 valence electrons. The number of nitrogens with zero attached hydrogens (tertiary/aromatic N) is 1. The average molecular weight is 376 g/mol. The highest BCUT2D eigenvalue weighted by Gasteiger charge is 2.13. The molecule has 25 heavy (non-hydrogen) atoms. The number of halogens is 2. The van der Waals surface area contributed by atoms with E-state index < -0.39 is 5.97 Å². The Labute approximate surface area is 156 Å². The molecule has 0 heterocycles. The van der Waals surface area contributed by atoms with Crippen molar-refractivity contribution in [3.63, 3.8) is 0 Å². The molecule has 0 aliphatic rings. The summed E-state index contributed by atoms with van der Waals surface area (Å²) in [6, 6.07) is 12.8. The van der Waals surface area contributed by atoms with Crippen LogP contribution >= 0.6 is 23.2 Å². The topological polar surface area (TPSA) is 59.3 Å². The third-order valence-electron chi connectivity index (χ3n) is 3.36. The molecular weight excluding hydrogens is 361 g/mol. The summed E-state index contributed by atoms with van der Waals surface area (Å²) in [7, 11) is 1.20. The van der Waals surface area contributed by atoms with Crippen LogP contribution in [0.2, 0.25) is 10.0 Å². The largest absolute Gasteiger partial charge is 0.486 e. The fourth-order valence-corrected chi connectivity index (χ4v) is 2.67. The highest BCUT2D eigenvalue weighted by molar-refractivity contribution is 6.37. The minimum atomic E-state index is -0.727. The quantitative estimate of drug-likeness (QED) is 0.420. The van der Waals surface area contributed by atoms with Crippen LogP contribution in [0.3, 0.4) is 0 Å². The van der Waals surface area contributed by atoms with Crippen LogP contribution in [-0.4, -0.2) is 13.1 Å². The molecular formula is C19H15Cl2NO3. The van der Waals surface area contributed by atoms with Gasteiger partial charge in [-0.25, -0.2) is 4.79 Å². The number of methoxy groups -OCH3 is 1. The van der Waals surface area contributed by atoms with Crippen LogP contribution in [0.25, 0.3) is 6.08 Å². The normalized spacial score (nSPS) is 10.9. The van der Waals surface area contributed by atoms with E-state index in [9.17, 15) is 4.79 Å². The van der Waals surface area contributed by atoms with Crippen molar-refractivity contribution in [1.29, 1.82) is 5.26 Å². The van der Waals surface area contributed by atoms with Crippen molar-refractivity contribution in [2.45, 2.75) is 13.5 Å². The third-order valence-corrected chi connectivity index (χ3v) is 3.92. The Morgan fingerprint density at radius 2 is 1.80 bits per heavy atom. The van der Waals surface area contributed by atoms with Gasteiger partial charge in [-0.1, -0.05) is 53.0 Å². The molecule has 0 saturated heterocycles. The van der Waals surface area contributed by atoms with Gasteiger partial charge < -0.3 is 9.47 Å². The Hall–Kier alpha value is -2.48. The number of carbonyl (C=O) groups is 1. The number of nitriles is 1. The SMILES string of the molecule is COC(=O)C(C#N)=Cc1cc(Cl)c(OCc2ccc(C)cc2)c(Cl)c1. The van der Waals surface area contributed by atoms with Crippen LogP contribution in [0.15, 0.2) is 42.0 Å². The molecule has 2 rings (SSSR count). The number of hydrogen-bond donors (Lipinski definition) is 0. The summed E-state index contributed by atoms with van der Waals surface area (Å²) in [4.78, 5) is 11.5. The average Bonchev–Trinajstić information content (AvgIpc) is 2.59. The zero-order chi connectivity index (χ0) is 18.4. The molecule has 0 bridgehead atoms. The lowest BCUT2D eigenvalue weighted by atomic mass is 10.1. The zero-order valence-corrected chi connectivity index (χ0v) is 15.2. The first kappa shape index (κ1) is 18.9. The number of ether oxygens (including phenoxy) is 2. The Bertz CT molecular complexity index is 829. The smallest absolute Gasteiger partial charge is 0.348 e. The van der Waals surface area contributed by atoms with Crippen molar-refractivity contribution in [2.75, 3.05) is 7.11 Å². The molecule has 0 aromatic heterocycles. The maximum atomic E-state index is 11.5. The van der Waals surface area contributed by atoms with Crippen molar-refractivity contribution in [2.24, 2.45) is 0 Å². The van der Waals surface area contributed by atoms with Crippen molar-refractivity contribution >= 4 is 35.2 Å². The van der Waals surface area contributed by atoms with Crippen molar-refractivity contribution in [3.8, 4) is 11.8 Å². The number of carbonyl (C=O) groups excluding carboxylic acids is 1. The molecule has 0 fully saturated rings. The first-order valence-electron chi connectivity index (χ1n) is 7.32. The molecule has 0 aliphatic heterocycles.